The van der Waals surface area contributed by atoms with E-state index < -0.39 is 0 Å². The highest BCUT2D eigenvalue weighted by Crippen LogP contribution is 2.09. The highest BCUT2D eigenvalue weighted by Gasteiger charge is 2.10. The highest BCUT2D eigenvalue weighted by molar-refractivity contribution is 5.04. The summed E-state index contributed by atoms with van der Waals surface area (Å²) in [5, 5.41) is 0. The first-order chi connectivity index (χ1) is 6.97. The first kappa shape index (κ1) is 12.3. The van der Waals surface area contributed by atoms with E-state index in [9.17, 15) is 0 Å². The second-order valence-corrected chi connectivity index (χ2v) is 4.96. The largest absolute Gasteiger partial charge is 0.472 e. The fourth-order valence-electron chi connectivity index (χ4n) is 1.58. The molecule has 0 saturated heterocycles. The number of furan rings is 1. The molecule has 1 aromatic heterocycles. The van der Waals surface area contributed by atoms with Crippen molar-refractivity contribution < 1.29 is 4.42 Å². The van der Waals surface area contributed by atoms with E-state index in [1.165, 1.54) is 5.56 Å². The molecular weight excluding hydrogens is 188 g/mol. The van der Waals surface area contributed by atoms with Crippen LogP contribution in [0.4, 0.5) is 0 Å². The van der Waals surface area contributed by atoms with E-state index in [0.29, 0.717) is 0 Å². The Hall–Kier alpha value is -0.800. The highest BCUT2D eigenvalue weighted by atomic mass is 16.3. The molecule has 1 aromatic rings. The number of nitrogens with zero attached hydrogens (tertiary/aromatic N) is 1. The van der Waals surface area contributed by atoms with E-state index in [0.717, 1.165) is 25.9 Å². The summed E-state index contributed by atoms with van der Waals surface area (Å²) in [6, 6.07) is 2.00. The van der Waals surface area contributed by atoms with Gasteiger partial charge < -0.3 is 15.1 Å². The van der Waals surface area contributed by atoms with Crippen LogP contribution in [0.15, 0.2) is 23.0 Å². The van der Waals surface area contributed by atoms with Crippen molar-refractivity contribution in [2.24, 2.45) is 5.73 Å². The second-order valence-electron chi connectivity index (χ2n) is 4.96. The average molecular weight is 210 g/mol. The molecule has 0 aliphatic carbocycles. The summed E-state index contributed by atoms with van der Waals surface area (Å²) in [6.45, 7) is 6.17. The van der Waals surface area contributed by atoms with E-state index in [2.05, 4.69) is 25.8 Å². The normalized spacial score (nSPS) is 12.3. The van der Waals surface area contributed by atoms with Crippen LogP contribution in [-0.4, -0.2) is 24.0 Å². The van der Waals surface area contributed by atoms with Crippen molar-refractivity contribution in [3.63, 3.8) is 0 Å². The van der Waals surface area contributed by atoms with Crippen molar-refractivity contribution in [1.82, 2.24) is 4.90 Å². The van der Waals surface area contributed by atoms with E-state index >= 15 is 0 Å². The maximum absolute atomic E-state index is 5.92. The molecule has 0 fully saturated rings. The predicted octanol–water partition coefficient (Wildman–Crippen LogP) is 2.23. The zero-order chi connectivity index (χ0) is 11.3. The summed E-state index contributed by atoms with van der Waals surface area (Å²) in [7, 11) is 2.12. The van der Waals surface area contributed by atoms with Gasteiger partial charge in [0.1, 0.15) is 0 Å². The lowest BCUT2D eigenvalue weighted by Crippen LogP contribution is -2.33. The van der Waals surface area contributed by atoms with Crippen molar-refractivity contribution in [2.75, 3.05) is 13.6 Å². The van der Waals surface area contributed by atoms with Gasteiger partial charge in [-0.1, -0.05) is 0 Å². The van der Waals surface area contributed by atoms with Crippen LogP contribution in [0, 0.1) is 0 Å². The van der Waals surface area contributed by atoms with Crippen LogP contribution in [0.5, 0.6) is 0 Å². The van der Waals surface area contributed by atoms with Crippen LogP contribution in [0.25, 0.3) is 0 Å². The minimum absolute atomic E-state index is 0.0452. The maximum Gasteiger partial charge on any atom is 0.0947 e. The molecule has 2 N–H and O–H groups in total. The SMILES string of the molecule is CN(CCCC(C)(C)N)Cc1ccoc1. The molecule has 15 heavy (non-hydrogen) atoms. The summed E-state index contributed by atoms with van der Waals surface area (Å²) in [5.74, 6) is 0. The lowest BCUT2D eigenvalue weighted by Gasteiger charge is -2.21. The molecule has 0 spiro atoms. The van der Waals surface area contributed by atoms with Gasteiger partial charge in [0.25, 0.3) is 0 Å². The fraction of sp³-hybridized carbons (Fsp3) is 0.667. The Balaban J connectivity index is 2.17. The third-order valence-electron chi connectivity index (χ3n) is 2.39. The number of hydrogen-bond donors (Lipinski definition) is 1. The predicted molar refractivity (Wildman–Crippen MR) is 62.5 cm³/mol. The van der Waals surface area contributed by atoms with Crippen LogP contribution in [0.2, 0.25) is 0 Å². The van der Waals surface area contributed by atoms with Crippen LogP contribution in [0.3, 0.4) is 0 Å². The molecule has 1 heterocycles. The molecule has 0 amide bonds. The molecule has 0 atom stereocenters. The minimum atomic E-state index is -0.0452. The van der Waals surface area contributed by atoms with Gasteiger partial charge in [-0.15, -0.1) is 0 Å². The van der Waals surface area contributed by atoms with Crippen molar-refractivity contribution >= 4 is 0 Å². The summed E-state index contributed by atoms with van der Waals surface area (Å²) < 4.78 is 5.03. The summed E-state index contributed by atoms with van der Waals surface area (Å²) in [4.78, 5) is 2.29. The Kier molecular flexibility index (Phi) is 4.36. The molecule has 3 nitrogen and oxygen atoms in total. The zero-order valence-electron chi connectivity index (χ0n) is 9.99. The molecule has 0 bridgehead atoms. The topological polar surface area (TPSA) is 42.4 Å². The van der Waals surface area contributed by atoms with Gasteiger partial charge in [-0.05, 0) is 46.3 Å². The Bertz CT molecular complexity index is 262. The first-order valence-electron chi connectivity index (χ1n) is 5.46. The third-order valence-corrected chi connectivity index (χ3v) is 2.39. The molecule has 0 radical (unpaired) electrons. The Labute approximate surface area is 92.2 Å². The second kappa shape index (κ2) is 5.33. The molecule has 0 saturated carbocycles. The van der Waals surface area contributed by atoms with Crippen molar-refractivity contribution in [3.05, 3.63) is 24.2 Å². The summed E-state index contributed by atoms with van der Waals surface area (Å²) >= 11 is 0. The Morgan fingerprint density at radius 2 is 2.20 bits per heavy atom. The molecule has 3 heteroatoms. The Morgan fingerprint density at radius 3 is 2.73 bits per heavy atom. The van der Waals surface area contributed by atoms with Gasteiger partial charge in [-0.3, -0.25) is 0 Å². The lowest BCUT2D eigenvalue weighted by atomic mass is 10.00. The van der Waals surface area contributed by atoms with Crippen LogP contribution >= 0.6 is 0 Å². The monoisotopic (exact) mass is 210 g/mol. The van der Waals surface area contributed by atoms with Gasteiger partial charge in [0.2, 0.25) is 0 Å². The molecule has 0 aliphatic rings. The lowest BCUT2D eigenvalue weighted by molar-refractivity contribution is 0.302. The first-order valence-corrected chi connectivity index (χ1v) is 5.46. The van der Waals surface area contributed by atoms with E-state index in [1.807, 2.05) is 6.07 Å². The molecule has 1 rings (SSSR count). The Morgan fingerprint density at radius 1 is 1.47 bits per heavy atom. The summed E-state index contributed by atoms with van der Waals surface area (Å²) in [5.41, 5.74) is 7.11. The smallest absolute Gasteiger partial charge is 0.0947 e. The third kappa shape index (κ3) is 5.60. The average Bonchev–Trinajstić information content (AvgIpc) is 2.54. The quantitative estimate of drug-likeness (QED) is 0.783. The molecule has 0 aromatic carbocycles. The van der Waals surface area contributed by atoms with Gasteiger partial charge in [0.05, 0.1) is 12.5 Å². The zero-order valence-corrected chi connectivity index (χ0v) is 9.99. The van der Waals surface area contributed by atoms with Gasteiger partial charge in [-0.25, -0.2) is 0 Å². The molecular formula is C12H22N2O. The van der Waals surface area contributed by atoms with Crippen molar-refractivity contribution in [1.29, 1.82) is 0 Å². The standard InChI is InChI=1S/C12H22N2O/c1-12(2,13)6-4-7-14(3)9-11-5-8-15-10-11/h5,8,10H,4,6-7,9,13H2,1-3H3. The van der Waals surface area contributed by atoms with Crippen molar-refractivity contribution in [2.45, 2.75) is 38.8 Å². The fourth-order valence-corrected chi connectivity index (χ4v) is 1.58. The number of rotatable bonds is 6. The van der Waals surface area contributed by atoms with E-state index in [-0.39, 0.29) is 5.54 Å². The van der Waals surface area contributed by atoms with Gasteiger partial charge >= 0.3 is 0 Å². The molecule has 0 aliphatic heterocycles. The van der Waals surface area contributed by atoms with Crippen LogP contribution in [-0.2, 0) is 6.54 Å². The van der Waals surface area contributed by atoms with Gasteiger partial charge in [0.15, 0.2) is 0 Å². The van der Waals surface area contributed by atoms with E-state index in [4.69, 9.17) is 10.2 Å². The summed E-state index contributed by atoms with van der Waals surface area (Å²) in [6.07, 6.45) is 5.70. The minimum Gasteiger partial charge on any atom is -0.472 e. The van der Waals surface area contributed by atoms with Gasteiger partial charge in [-0.2, -0.15) is 0 Å². The molecule has 0 unspecified atom stereocenters. The molecule has 86 valence electrons. The maximum atomic E-state index is 5.92. The number of nitrogens with two attached hydrogens (primary N) is 1. The van der Waals surface area contributed by atoms with Crippen LogP contribution < -0.4 is 5.73 Å². The number of hydrogen-bond acceptors (Lipinski definition) is 3. The van der Waals surface area contributed by atoms with E-state index in [1.54, 1.807) is 12.5 Å². The van der Waals surface area contributed by atoms with Crippen molar-refractivity contribution in [3.8, 4) is 0 Å². The van der Waals surface area contributed by atoms with Crippen LogP contribution in [0.1, 0.15) is 32.3 Å². The van der Waals surface area contributed by atoms with Gasteiger partial charge in [0, 0.05) is 17.6 Å².